The van der Waals surface area contributed by atoms with Gasteiger partial charge in [-0.2, -0.15) is 0 Å². The second kappa shape index (κ2) is 12.1. The third kappa shape index (κ3) is 5.79. The van der Waals surface area contributed by atoms with Gasteiger partial charge in [-0.1, -0.05) is 24.3 Å². The van der Waals surface area contributed by atoms with Gasteiger partial charge in [-0.05, 0) is 56.2 Å². The lowest BCUT2D eigenvalue weighted by molar-refractivity contribution is -0.119. The Bertz CT molecular complexity index is 1290. The lowest BCUT2D eigenvalue weighted by atomic mass is 9.97. The first-order valence-electron chi connectivity index (χ1n) is 12.4. The number of benzene rings is 2. The molecule has 3 heterocycles. The van der Waals surface area contributed by atoms with Crippen LogP contribution in [0.4, 0.5) is 5.69 Å². The zero-order valence-corrected chi connectivity index (χ0v) is 21.2. The van der Waals surface area contributed by atoms with Crippen LogP contribution >= 0.6 is 0 Å². The van der Waals surface area contributed by atoms with Crippen molar-refractivity contribution in [1.82, 2.24) is 14.3 Å². The van der Waals surface area contributed by atoms with Gasteiger partial charge < -0.3 is 24.1 Å². The summed E-state index contributed by atoms with van der Waals surface area (Å²) in [5, 5.41) is 3.05. The van der Waals surface area contributed by atoms with Crippen molar-refractivity contribution in [1.29, 1.82) is 0 Å². The van der Waals surface area contributed by atoms with Crippen molar-refractivity contribution in [2.75, 3.05) is 39.2 Å². The molecule has 0 radical (unpaired) electrons. The molecule has 0 saturated carbocycles. The normalized spacial score (nSPS) is 15.1. The van der Waals surface area contributed by atoms with Crippen LogP contribution in [0.1, 0.15) is 31.5 Å². The first-order valence-corrected chi connectivity index (χ1v) is 12.4. The van der Waals surface area contributed by atoms with Gasteiger partial charge in [-0.15, -0.1) is 0 Å². The number of rotatable bonds is 7. The van der Waals surface area contributed by atoms with Gasteiger partial charge in [0.15, 0.2) is 0 Å². The minimum absolute atomic E-state index is 0.258. The third-order valence-corrected chi connectivity index (χ3v) is 6.32. The SMILES string of the molecule is CCOc1cccc(NC)c1.COc1cccc(-c2nc(C3CCCN(C=O)C3)n3ccccc23)c1. The lowest BCUT2D eigenvalue weighted by Crippen LogP contribution is -2.33. The third-order valence-electron chi connectivity index (χ3n) is 6.32. The number of nitrogens with zero attached hydrogens (tertiary/aromatic N) is 3. The molecule has 188 valence electrons. The van der Waals surface area contributed by atoms with Crippen LogP contribution < -0.4 is 14.8 Å². The molecule has 2 aromatic heterocycles. The molecule has 0 bridgehead atoms. The van der Waals surface area contributed by atoms with Gasteiger partial charge in [0.2, 0.25) is 6.41 Å². The molecule has 36 heavy (non-hydrogen) atoms. The molecule has 1 aliphatic heterocycles. The molecule has 1 N–H and O–H groups in total. The van der Waals surface area contributed by atoms with E-state index in [0.717, 1.165) is 72.1 Å². The average Bonchev–Trinajstić information content (AvgIpc) is 3.34. The molecule has 0 aliphatic carbocycles. The number of hydrogen-bond acceptors (Lipinski definition) is 5. The molecule has 7 nitrogen and oxygen atoms in total. The minimum Gasteiger partial charge on any atom is -0.497 e. The van der Waals surface area contributed by atoms with Gasteiger partial charge >= 0.3 is 0 Å². The van der Waals surface area contributed by atoms with Crippen molar-refractivity contribution in [3.63, 3.8) is 0 Å². The molecule has 1 fully saturated rings. The van der Waals surface area contributed by atoms with E-state index in [9.17, 15) is 4.79 Å². The van der Waals surface area contributed by atoms with E-state index >= 15 is 0 Å². The van der Waals surface area contributed by atoms with Gasteiger partial charge in [-0.25, -0.2) is 4.98 Å². The Hall–Kier alpha value is -4.00. The summed E-state index contributed by atoms with van der Waals surface area (Å²) < 4.78 is 12.8. The second-order valence-electron chi connectivity index (χ2n) is 8.66. The topological polar surface area (TPSA) is 68.1 Å². The van der Waals surface area contributed by atoms with Crippen molar-refractivity contribution in [3.05, 3.63) is 78.8 Å². The molecule has 7 heteroatoms. The number of nitrogens with one attached hydrogen (secondary N) is 1. The first kappa shape index (κ1) is 25.1. The van der Waals surface area contributed by atoms with Crippen molar-refractivity contribution in [3.8, 4) is 22.8 Å². The Labute approximate surface area is 212 Å². The summed E-state index contributed by atoms with van der Waals surface area (Å²) in [5.74, 6) is 3.02. The number of carbonyl (C=O) groups is 1. The number of anilines is 1. The summed E-state index contributed by atoms with van der Waals surface area (Å²) in [7, 11) is 3.57. The van der Waals surface area contributed by atoms with E-state index in [-0.39, 0.29) is 5.92 Å². The molecule has 0 spiro atoms. The second-order valence-corrected chi connectivity index (χ2v) is 8.66. The van der Waals surface area contributed by atoms with E-state index in [1.165, 1.54) is 0 Å². The summed E-state index contributed by atoms with van der Waals surface area (Å²) in [6, 6.07) is 22.0. The minimum atomic E-state index is 0.258. The molecular formula is C29H34N4O3. The van der Waals surface area contributed by atoms with Gasteiger partial charge in [0.1, 0.15) is 17.3 Å². The molecule has 4 aromatic rings. The van der Waals surface area contributed by atoms with Gasteiger partial charge in [-0.3, -0.25) is 4.79 Å². The highest BCUT2D eigenvalue weighted by Crippen LogP contribution is 2.32. The number of hydrogen-bond donors (Lipinski definition) is 1. The van der Waals surface area contributed by atoms with Crippen LogP contribution in [-0.2, 0) is 4.79 Å². The Kier molecular flexibility index (Phi) is 8.44. The van der Waals surface area contributed by atoms with E-state index in [4.69, 9.17) is 14.5 Å². The Morgan fingerprint density at radius 1 is 1.08 bits per heavy atom. The fourth-order valence-corrected chi connectivity index (χ4v) is 4.55. The highest BCUT2D eigenvalue weighted by atomic mass is 16.5. The van der Waals surface area contributed by atoms with E-state index in [2.05, 4.69) is 28.0 Å². The molecule has 1 unspecified atom stereocenters. The van der Waals surface area contributed by atoms with Crippen LogP contribution in [0.3, 0.4) is 0 Å². The van der Waals surface area contributed by atoms with Crippen LogP contribution in [0.2, 0.25) is 0 Å². The Morgan fingerprint density at radius 2 is 1.92 bits per heavy atom. The summed E-state index contributed by atoms with van der Waals surface area (Å²) in [6.45, 7) is 4.26. The number of carbonyl (C=O) groups excluding carboxylic acids is 1. The van der Waals surface area contributed by atoms with Gasteiger partial charge in [0, 0.05) is 49.6 Å². The van der Waals surface area contributed by atoms with Gasteiger partial charge in [0.05, 0.1) is 24.9 Å². The summed E-state index contributed by atoms with van der Waals surface area (Å²) >= 11 is 0. The Balaban J connectivity index is 0.000000233. The van der Waals surface area contributed by atoms with E-state index < -0.39 is 0 Å². The largest absolute Gasteiger partial charge is 0.497 e. The number of pyridine rings is 1. The number of piperidine rings is 1. The summed E-state index contributed by atoms with van der Waals surface area (Å²) in [5.41, 5.74) is 4.15. The predicted molar refractivity (Wildman–Crippen MR) is 144 cm³/mol. The monoisotopic (exact) mass is 486 g/mol. The smallest absolute Gasteiger partial charge is 0.209 e. The maximum absolute atomic E-state index is 11.2. The molecule has 1 saturated heterocycles. The number of ether oxygens (including phenoxy) is 2. The van der Waals surface area contributed by atoms with Crippen molar-refractivity contribution < 1.29 is 14.3 Å². The van der Waals surface area contributed by atoms with Crippen LogP contribution in [0.25, 0.3) is 16.8 Å². The highest BCUT2D eigenvalue weighted by Gasteiger charge is 2.25. The van der Waals surface area contributed by atoms with E-state index in [1.54, 1.807) is 7.11 Å². The first-order chi connectivity index (χ1) is 17.7. The maximum Gasteiger partial charge on any atom is 0.209 e. The average molecular weight is 487 g/mol. The fraction of sp³-hybridized carbons (Fsp3) is 0.310. The summed E-state index contributed by atoms with van der Waals surface area (Å²) in [4.78, 5) is 18.0. The number of fused-ring (bicyclic) bond motifs is 1. The van der Waals surface area contributed by atoms with Gasteiger partial charge in [0.25, 0.3) is 0 Å². The zero-order chi connectivity index (χ0) is 25.3. The lowest BCUT2D eigenvalue weighted by Gasteiger charge is -2.29. The zero-order valence-electron chi connectivity index (χ0n) is 21.2. The maximum atomic E-state index is 11.2. The standard InChI is InChI=1S/C20H21N3O2.C9H13NO/c1-25-17-8-4-6-15(12-17)19-18-9-2-3-11-23(18)20(21-19)16-7-5-10-22(13-16)14-24;1-3-11-9-6-4-5-8(7-9)10-2/h2-4,6,8-9,11-12,14,16H,5,7,10,13H2,1H3;4-7,10H,3H2,1-2H3. The van der Waals surface area contributed by atoms with Crippen molar-refractivity contribution in [2.45, 2.75) is 25.7 Å². The molecule has 2 aromatic carbocycles. The highest BCUT2D eigenvalue weighted by molar-refractivity contribution is 5.78. The molecule has 1 atom stereocenters. The van der Waals surface area contributed by atoms with Crippen molar-refractivity contribution in [2.24, 2.45) is 0 Å². The van der Waals surface area contributed by atoms with Crippen LogP contribution in [0, 0.1) is 0 Å². The number of imidazole rings is 1. The predicted octanol–water partition coefficient (Wildman–Crippen LogP) is 5.47. The Morgan fingerprint density at radius 3 is 2.69 bits per heavy atom. The fourth-order valence-electron chi connectivity index (χ4n) is 4.55. The molecule has 1 amide bonds. The number of amides is 1. The van der Waals surface area contributed by atoms with Crippen LogP contribution in [0.5, 0.6) is 11.5 Å². The van der Waals surface area contributed by atoms with E-state index in [1.807, 2.05) is 73.5 Å². The summed E-state index contributed by atoms with van der Waals surface area (Å²) in [6.07, 6.45) is 5.07. The number of aromatic nitrogens is 2. The number of likely N-dealkylation sites (tertiary alicyclic amines) is 1. The van der Waals surface area contributed by atoms with Crippen molar-refractivity contribution >= 4 is 17.6 Å². The quantitative estimate of drug-likeness (QED) is 0.351. The van der Waals surface area contributed by atoms with Crippen LogP contribution in [0.15, 0.2) is 72.9 Å². The number of methoxy groups -OCH3 is 1. The molecule has 1 aliphatic rings. The van der Waals surface area contributed by atoms with Crippen LogP contribution in [-0.4, -0.2) is 54.5 Å². The molecule has 5 rings (SSSR count). The molecular weight excluding hydrogens is 452 g/mol. The van der Waals surface area contributed by atoms with E-state index in [0.29, 0.717) is 6.61 Å².